The van der Waals surface area contributed by atoms with E-state index in [2.05, 4.69) is 0 Å². The summed E-state index contributed by atoms with van der Waals surface area (Å²) in [5.41, 5.74) is 1.63. The third-order valence-corrected chi connectivity index (χ3v) is 5.43. The lowest BCUT2D eigenvalue weighted by atomic mass is 10.1. The standard InChI is InChI=1S/C21H25NO6S/c1-16-9-10-18(29(3,25)26)13-19(16)21(24)28-15-20(23)22(11-12-27-2)14-17-7-5-4-6-8-17/h4-10,13H,11-12,14-15H2,1-3H3. The number of benzene rings is 2. The van der Waals surface area contributed by atoms with Gasteiger partial charge in [-0.25, -0.2) is 13.2 Å². The summed E-state index contributed by atoms with van der Waals surface area (Å²) in [6, 6.07) is 13.7. The van der Waals surface area contributed by atoms with Crippen LogP contribution in [-0.2, 0) is 30.7 Å². The molecule has 0 aliphatic rings. The van der Waals surface area contributed by atoms with E-state index in [0.717, 1.165) is 11.8 Å². The summed E-state index contributed by atoms with van der Waals surface area (Å²) in [5, 5.41) is 0. The van der Waals surface area contributed by atoms with E-state index in [-0.39, 0.29) is 16.4 Å². The molecular formula is C21H25NO6S. The molecule has 0 fully saturated rings. The number of sulfone groups is 1. The van der Waals surface area contributed by atoms with Gasteiger partial charge in [-0.3, -0.25) is 4.79 Å². The van der Waals surface area contributed by atoms with Crippen LogP contribution >= 0.6 is 0 Å². The van der Waals surface area contributed by atoms with E-state index in [4.69, 9.17) is 9.47 Å². The van der Waals surface area contributed by atoms with Gasteiger partial charge < -0.3 is 14.4 Å². The number of esters is 1. The fourth-order valence-corrected chi connectivity index (χ4v) is 3.29. The van der Waals surface area contributed by atoms with Gasteiger partial charge in [0.2, 0.25) is 0 Å². The maximum atomic E-state index is 12.6. The van der Waals surface area contributed by atoms with Crippen LogP contribution in [0.4, 0.5) is 0 Å². The number of methoxy groups -OCH3 is 1. The first-order chi connectivity index (χ1) is 13.7. The lowest BCUT2D eigenvalue weighted by molar-refractivity contribution is -0.135. The van der Waals surface area contributed by atoms with Gasteiger partial charge in [-0.1, -0.05) is 36.4 Å². The van der Waals surface area contributed by atoms with Crippen LogP contribution in [0.25, 0.3) is 0 Å². The molecule has 2 rings (SSSR count). The minimum atomic E-state index is -3.46. The molecule has 0 atom stereocenters. The summed E-state index contributed by atoms with van der Waals surface area (Å²) in [4.78, 5) is 26.6. The van der Waals surface area contributed by atoms with Crippen LogP contribution in [0.1, 0.15) is 21.5 Å². The Balaban J connectivity index is 2.07. The molecule has 29 heavy (non-hydrogen) atoms. The molecule has 8 heteroatoms. The molecule has 0 heterocycles. The Kier molecular flexibility index (Phi) is 7.92. The Hall–Kier alpha value is -2.71. The number of nitrogens with zero attached hydrogens (tertiary/aromatic N) is 1. The number of hydrogen-bond donors (Lipinski definition) is 0. The second-order valence-corrected chi connectivity index (χ2v) is 8.63. The van der Waals surface area contributed by atoms with Crippen molar-refractivity contribution in [3.05, 3.63) is 65.2 Å². The van der Waals surface area contributed by atoms with Gasteiger partial charge >= 0.3 is 5.97 Å². The van der Waals surface area contributed by atoms with Gasteiger partial charge in [0.15, 0.2) is 16.4 Å². The number of carbonyl (C=O) groups is 2. The molecule has 0 spiro atoms. The van der Waals surface area contributed by atoms with Gasteiger partial charge in [-0.2, -0.15) is 0 Å². The summed E-state index contributed by atoms with van der Waals surface area (Å²) in [6.45, 7) is 2.29. The fourth-order valence-electron chi connectivity index (χ4n) is 2.65. The first-order valence-electron chi connectivity index (χ1n) is 9.01. The number of rotatable bonds is 9. The van der Waals surface area contributed by atoms with Gasteiger partial charge in [-0.05, 0) is 30.2 Å². The number of amides is 1. The van der Waals surface area contributed by atoms with E-state index >= 15 is 0 Å². The highest BCUT2D eigenvalue weighted by molar-refractivity contribution is 7.90. The van der Waals surface area contributed by atoms with Gasteiger partial charge in [0.25, 0.3) is 5.91 Å². The molecule has 0 saturated carbocycles. The van der Waals surface area contributed by atoms with Crippen molar-refractivity contribution in [2.75, 3.05) is 33.1 Å². The molecule has 0 bridgehead atoms. The van der Waals surface area contributed by atoms with Crippen LogP contribution in [0.15, 0.2) is 53.4 Å². The molecule has 2 aromatic carbocycles. The van der Waals surface area contributed by atoms with Crippen molar-refractivity contribution in [1.29, 1.82) is 0 Å². The molecule has 0 saturated heterocycles. The zero-order valence-corrected chi connectivity index (χ0v) is 17.6. The van der Waals surface area contributed by atoms with Gasteiger partial charge in [0.05, 0.1) is 17.1 Å². The summed E-state index contributed by atoms with van der Waals surface area (Å²) in [5.74, 6) is -1.11. The summed E-state index contributed by atoms with van der Waals surface area (Å²) < 4.78 is 33.7. The quantitative estimate of drug-likeness (QED) is 0.579. The van der Waals surface area contributed by atoms with E-state index in [9.17, 15) is 18.0 Å². The Morgan fingerprint density at radius 3 is 2.38 bits per heavy atom. The number of carbonyl (C=O) groups excluding carboxylic acids is 2. The van der Waals surface area contributed by atoms with E-state index in [1.54, 1.807) is 18.9 Å². The van der Waals surface area contributed by atoms with E-state index < -0.39 is 22.4 Å². The minimum absolute atomic E-state index is 0.0205. The van der Waals surface area contributed by atoms with Crippen molar-refractivity contribution in [3.8, 4) is 0 Å². The number of ether oxygens (including phenoxy) is 2. The smallest absolute Gasteiger partial charge is 0.338 e. The predicted octanol–water partition coefficient (Wildman–Crippen LogP) is 2.23. The normalized spacial score (nSPS) is 11.1. The van der Waals surface area contributed by atoms with Gasteiger partial charge in [0.1, 0.15) is 0 Å². The molecule has 0 aromatic heterocycles. The first-order valence-corrected chi connectivity index (χ1v) is 10.9. The second-order valence-electron chi connectivity index (χ2n) is 6.62. The molecule has 0 N–H and O–H groups in total. The van der Waals surface area contributed by atoms with Gasteiger partial charge in [0, 0.05) is 26.5 Å². The lowest BCUT2D eigenvalue weighted by Gasteiger charge is -2.22. The summed E-state index contributed by atoms with van der Waals surface area (Å²) >= 11 is 0. The highest BCUT2D eigenvalue weighted by Gasteiger charge is 2.19. The molecule has 0 unspecified atom stereocenters. The molecule has 1 amide bonds. The Morgan fingerprint density at radius 1 is 1.07 bits per heavy atom. The zero-order chi connectivity index (χ0) is 21.4. The fraction of sp³-hybridized carbons (Fsp3) is 0.333. The molecule has 0 radical (unpaired) electrons. The summed E-state index contributed by atoms with van der Waals surface area (Å²) in [6.07, 6.45) is 1.06. The largest absolute Gasteiger partial charge is 0.452 e. The molecule has 0 aliphatic carbocycles. The number of hydrogen-bond acceptors (Lipinski definition) is 6. The highest BCUT2D eigenvalue weighted by Crippen LogP contribution is 2.17. The predicted molar refractivity (Wildman–Crippen MR) is 108 cm³/mol. The minimum Gasteiger partial charge on any atom is -0.452 e. The Morgan fingerprint density at radius 2 is 1.76 bits per heavy atom. The highest BCUT2D eigenvalue weighted by atomic mass is 32.2. The van der Waals surface area contributed by atoms with Crippen LogP contribution in [0.5, 0.6) is 0 Å². The third-order valence-electron chi connectivity index (χ3n) is 4.32. The topological polar surface area (TPSA) is 90.0 Å². The third kappa shape index (κ3) is 6.69. The molecule has 2 aromatic rings. The maximum Gasteiger partial charge on any atom is 0.338 e. The number of aryl methyl sites for hydroxylation is 1. The van der Waals surface area contributed by atoms with Crippen molar-refractivity contribution in [2.45, 2.75) is 18.4 Å². The van der Waals surface area contributed by atoms with Crippen molar-refractivity contribution in [1.82, 2.24) is 4.90 Å². The molecular weight excluding hydrogens is 394 g/mol. The van der Waals surface area contributed by atoms with Crippen molar-refractivity contribution in [3.63, 3.8) is 0 Å². The maximum absolute atomic E-state index is 12.6. The van der Waals surface area contributed by atoms with Crippen molar-refractivity contribution < 1.29 is 27.5 Å². The van der Waals surface area contributed by atoms with E-state index in [1.807, 2.05) is 30.3 Å². The zero-order valence-electron chi connectivity index (χ0n) is 16.8. The van der Waals surface area contributed by atoms with E-state index in [0.29, 0.717) is 25.3 Å². The van der Waals surface area contributed by atoms with Crippen LogP contribution in [0.2, 0.25) is 0 Å². The molecule has 156 valence electrons. The first kappa shape index (κ1) is 22.6. The average molecular weight is 419 g/mol. The lowest BCUT2D eigenvalue weighted by Crippen LogP contribution is -2.36. The van der Waals surface area contributed by atoms with Crippen LogP contribution in [-0.4, -0.2) is 58.3 Å². The van der Waals surface area contributed by atoms with Gasteiger partial charge in [-0.15, -0.1) is 0 Å². The van der Waals surface area contributed by atoms with Crippen LogP contribution < -0.4 is 0 Å². The average Bonchev–Trinajstić information content (AvgIpc) is 2.69. The van der Waals surface area contributed by atoms with Crippen LogP contribution in [0, 0.1) is 6.92 Å². The van der Waals surface area contributed by atoms with E-state index in [1.165, 1.54) is 18.2 Å². The monoisotopic (exact) mass is 419 g/mol. The Bertz CT molecular complexity index is 956. The molecule has 7 nitrogen and oxygen atoms in total. The Labute approximate surface area is 171 Å². The van der Waals surface area contributed by atoms with Crippen molar-refractivity contribution in [2.24, 2.45) is 0 Å². The van der Waals surface area contributed by atoms with Crippen LogP contribution in [0.3, 0.4) is 0 Å². The second kappa shape index (κ2) is 10.2. The molecule has 0 aliphatic heterocycles. The summed E-state index contributed by atoms with van der Waals surface area (Å²) in [7, 11) is -1.92. The SMILES string of the molecule is COCCN(Cc1ccccc1)C(=O)COC(=O)c1cc(S(C)(=O)=O)ccc1C. The van der Waals surface area contributed by atoms with Crippen molar-refractivity contribution >= 4 is 21.7 Å².